The maximum Gasteiger partial charge on any atom is 0.244 e. The van der Waals surface area contributed by atoms with Crippen molar-refractivity contribution in [3.8, 4) is 0 Å². The molecule has 7 heteroatoms. The molecule has 2 atom stereocenters. The molecule has 2 saturated heterocycles. The Morgan fingerprint density at radius 3 is 2.73 bits per heavy atom. The predicted molar refractivity (Wildman–Crippen MR) is 90.3 cm³/mol. The van der Waals surface area contributed by atoms with Gasteiger partial charge in [-0.1, -0.05) is 23.9 Å². The Labute approximate surface area is 134 Å². The molecule has 0 aliphatic carbocycles. The topological polar surface area (TPSA) is 66.8 Å². The van der Waals surface area contributed by atoms with Gasteiger partial charge in [-0.2, -0.15) is 4.99 Å². The summed E-state index contributed by atoms with van der Waals surface area (Å²) in [5, 5.41) is 0.564. The molecule has 1 aromatic rings. The summed E-state index contributed by atoms with van der Waals surface area (Å²) in [7, 11) is -3.02. The Bertz CT molecular complexity index is 771. The van der Waals surface area contributed by atoms with E-state index in [0.29, 0.717) is 5.17 Å². The van der Waals surface area contributed by atoms with Gasteiger partial charge in [-0.15, -0.1) is 0 Å². The van der Waals surface area contributed by atoms with Crippen LogP contribution in [0.15, 0.2) is 23.2 Å². The Morgan fingerprint density at radius 1 is 1.32 bits per heavy atom. The zero-order chi connectivity index (χ0) is 16.1. The highest BCUT2D eigenvalue weighted by atomic mass is 32.2. The molecule has 2 aliphatic rings. The number of fused-ring (bicyclic) bond motifs is 1. The van der Waals surface area contributed by atoms with E-state index >= 15 is 0 Å². The molecule has 2 aliphatic heterocycles. The number of carbonyl (C=O) groups excluding carboxylic acids is 1. The molecule has 2 fully saturated rings. The van der Waals surface area contributed by atoms with Crippen molar-refractivity contribution in [1.29, 1.82) is 0 Å². The molecule has 0 spiro atoms. The normalized spacial score (nSPS) is 28.1. The number of nitrogens with zero attached hydrogens (tertiary/aromatic N) is 2. The van der Waals surface area contributed by atoms with E-state index in [4.69, 9.17) is 0 Å². The number of anilines is 1. The van der Waals surface area contributed by atoms with Crippen molar-refractivity contribution in [2.45, 2.75) is 32.1 Å². The number of thioether (sulfide) groups is 1. The van der Waals surface area contributed by atoms with E-state index in [1.54, 1.807) is 0 Å². The lowest BCUT2D eigenvalue weighted by Crippen LogP contribution is -2.38. The van der Waals surface area contributed by atoms with Gasteiger partial charge >= 0.3 is 0 Å². The number of amides is 1. The maximum absolute atomic E-state index is 12.0. The summed E-state index contributed by atoms with van der Waals surface area (Å²) in [6.07, 6.45) is 0. The van der Waals surface area contributed by atoms with Crippen LogP contribution in [0.4, 0.5) is 5.69 Å². The molecule has 0 aromatic heterocycles. The fourth-order valence-electron chi connectivity index (χ4n) is 2.98. The monoisotopic (exact) mass is 338 g/mol. The van der Waals surface area contributed by atoms with Crippen LogP contribution in [0.1, 0.15) is 18.1 Å². The van der Waals surface area contributed by atoms with Gasteiger partial charge in [0.05, 0.1) is 17.5 Å². The Balaban J connectivity index is 2.10. The van der Waals surface area contributed by atoms with Crippen molar-refractivity contribution in [3.05, 3.63) is 29.3 Å². The molecule has 5 nitrogen and oxygen atoms in total. The smallest absolute Gasteiger partial charge is 0.244 e. The first-order valence-corrected chi connectivity index (χ1v) is 9.80. The standard InChI is InChI=1S/C15H18N2O3S2/c1-9-5-4-6-12(10(9)2)17-13-7-22(19,20)8-14(13)21-15(17)16-11(3)18/h4-6,13-14H,7-8H2,1-3H3/t13-,14+/m1/s1. The molecule has 3 rings (SSSR count). The number of aliphatic imine (C=N–C) groups is 1. The number of aryl methyl sites for hydroxylation is 1. The second kappa shape index (κ2) is 5.38. The highest BCUT2D eigenvalue weighted by Gasteiger charge is 2.49. The van der Waals surface area contributed by atoms with Crippen molar-refractivity contribution < 1.29 is 13.2 Å². The first-order valence-electron chi connectivity index (χ1n) is 7.10. The van der Waals surface area contributed by atoms with E-state index in [-0.39, 0.29) is 28.7 Å². The third-order valence-electron chi connectivity index (χ3n) is 4.16. The zero-order valence-corrected chi connectivity index (χ0v) is 14.4. The van der Waals surface area contributed by atoms with E-state index < -0.39 is 9.84 Å². The average molecular weight is 338 g/mol. The van der Waals surface area contributed by atoms with E-state index in [2.05, 4.69) is 4.99 Å². The predicted octanol–water partition coefficient (Wildman–Crippen LogP) is 1.92. The molecular weight excluding hydrogens is 320 g/mol. The summed E-state index contributed by atoms with van der Waals surface area (Å²) < 4.78 is 23.9. The Hall–Kier alpha value is -1.34. The molecule has 118 valence electrons. The van der Waals surface area contributed by atoms with Crippen LogP contribution in [0.5, 0.6) is 0 Å². The van der Waals surface area contributed by atoms with Crippen LogP contribution >= 0.6 is 11.8 Å². The van der Waals surface area contributed by atoms with Crippen molar-refractivity contribution in [2.24, 2.45) is 4.99 Å². The molecule has 0 radical (unpaired) electrons. The van der Waals surface area contributed by atoms with E-state index in [9.17, 15) is 13.2 Å². The number of hydrogen-bond acceptors (Lipinski definition) is 4. The van der Waals surface area contributed by atoms with Gasteiger partial charge in [-0.05, 0) is 31.0 Å². The van der Waals surface area contributed by atoms with Crippen molar-refractivity contribution >= 4 is 38.4 Å². The van der Waals surface area contributed by atoms with Gasteiger partial charge in [-0.25, -0.2) is 8.42 Å². The number of benzene rings is 1. The van der Waals surface area contributed by atoms with E-state index in [0.717, 1.165) is 16.8 Å². The minimum atomic E-state index is -3.02. The van der Waals surface area contributed by atoms with E-state index in [1.807, 2.05) is 36.9 Å². The molecule has 22 heavy (non-hydrogen) atoms. The quantitative estimate of drug-likeness (QED) is 0.783. The molecule has 1 aromatic carbocycles. The van der Waals surface area contributed by atoms with Gasteiger partial charge in [0.25, 0.3) is 0 Å². The number of sulfone groups is 1. The molecule has 1 amide bonds. The maximum atomic E-state index is 12.0. The summed E-state index contributed by atoms with van der Waals surface area (Å²) >= 11 is 1.41. The van der Waals surface area contributed by atoms with Crippen LogP contribution < -0.4 is 4.90 Å². The highest BCUT2D eigenvalue weighted by Crippen LogP contribution is 2.42. The summed E-state index contributed by atoms with van der Waals surface area (Å²) in [5.41, 5.74) is 3.16. The van der Waals surface area contributed by atoms with Crippen molar-refractivity contribution in [2.75, 3.05) is 16.4 Å². The minimum Gasteiger partial charge on any atom is -0.315 e. The van der Waals surface area contributed by atoms with E-state index in [1.165, 1.54) is 18.7 Å². The van der Waals surface area contributed by atoms with Gasteiger partial charge in [0, 0.05) is 17.9 Å². The molecule has 0 N–H and O–H groups in total. The SMILES string of the molecule is CC(=O)N=C1S[C@H]2CS(=O)(=O)C[C@H]2N1c1cccc(C)c1C. The molecule has 0 unspecified atom stereocenters. The van der Waals surface area contributed by atoms with Crippen LogP contribution in [0.25, 0.3) is 0 Å². The largest absolute Gasteiger partial charge is 0.315 e. The van der Waals surface area contributed by atoms with Crippen molar-refractivity contribution in [3.63, 3.8) is 0 Å². The van der Waals surface area contributed by atoms with Gasteiger partial charge in [0.15, 0.2) is 15.0 Å². The minimum absolute atomic E-state index is 0.0528. The zero-order valence-electron chi connectivity index (χ0n) is 12.7. The molecule has 2 heterocycles. The Kier molecular flexibility index (Phi) is 3.81. The van der Waals surface area contributed by atoms with Crippen LogP contribution in [0.3, 0.4) is 0 Å². The third-order valence-corrected chi connectivity index (χ3v) is 7.36. The Morgan fingerprint density at radius 2 is 2.05 bits per heavy atom. The molecule has 0 saturated carbocycles. The number of amidine groups is 1. The van der Waals surface area contributed by atoms with Crippen LogP contribution in [0.2, 0.25) is 0 Å². The number of rotatable bonds is 1. The highest BCUT2D eigenvalue weighted by molar-refractivity contribution is 8.16. The second-order valence-electron chi connectivity index (χ2n) is 5.80. The lowest BCUT2D eigenvalue weighted by molar-refractivity contribution is -0.115. The lowest BCUT2D eigenvalue weighted by atomic mass is 10.1. The summed E-state index contributed by atoms with van der Waals surface area (Å²) in [6, 6.07) is 5.79. The number of carbonyl (C=O) groups is 1. The fourth-order valence-corrected chi connectivity index (χ4v) is 6.93. The average Bonchev–Trinajstić information content (AvgIpc) is 2.84. The first-order chi connectivity index (χ1) is 10.3. The van der Waals surface area contributed by atoms with Gasteiger partial charge in [0.2, 0.25) is 5.91 Å². The van der Waals surface area contributed by atoms with Crippen molar-refractivity contribution in [1.82, 2.24) is 0 Å². The summed E-state index contributed by atoms with van der Waals surface area (Å²) in [5.74, 6) is 0.0101. The second-order valence-corrected chi connectivity index (χ2v) is 9.16. The first kappa shape index (κ1) is 15.6. The van der Waals surface area contributed by atoms with Gasteiger partial charge in [-0.3, -0.25) is 4.79 Å². The van der Waals surface area contributed by atoms with Crippen LogP contribution in [-0.2, 0) is 14.6 Å². The fraction of sp³-hybridized carbons (Fsp3) is 0.467. The van der Waals surface area contributed by atoms with Crippen LogP contribution in [0, 0.1) is 13.8 Å². The lowest BCUT2D eigenvalue weighted by Gasteiger charge is -2.26. The molecule has 0 bridgehead atoms. The third kappa shape index (κ3) is 2.67. The van der Waals surface area contributed by atoms with Gasteiger partial charge in [0.1, 0.15) is 0 Å². The summed E-state index contributed by atoms with van der Waals surface area (Å²) in [6.45, 7) is 5.45. The molecular formula is C15H18N2O3S2. The summed E-state index contributed by atoms with van der Waals surface area (Å²) in [4.78, 5) is 17.5. The van der Waals surface area contributed by atoms with Crippen LogP contribution in [-0.4, -0.2) is 42.3 Å². The number of hydrogen-bond donors (Lipinski definition) is 0. The van der Waals surface area contributed by atoms with Gasteiger partial charge < -0.3 is 4.90 Å².